The van der Waals surface area contributed by atoms with E-state index in [1.807, 2.05) is 74.6 Å². The van der Waals surface area contributed by atoms with E-state index in [9.17, 15) is 4.79 Å². The predicted molar refractivity (Wildman–Crippen MR) is 111 cm³/mol. The number of carbonyl (C=O) groups excluding carboxylic acids is 1. The van der Waals surface area contributed by atoms with Crippen LogP contribution in [0.15, 0.2) is 60.8 Å². The van der Waals surface area contributed by atoms with E-state index in [1.54, 1.807) is 11.8 Å². The summed E-state index contributed by atoms with van der Waals surface area (Å²) in [5.41, 5.74) is 8.99. The number of benzene rings is 2. The first-order valence-corrected chi connectivity index (χ1v) is 9.20. The Morgan fingerprint density at radius 3 is 2.43 bits per heavy atom. The molecule has 1 aromatic heterocycles. The number of methoxy groups -OCH3 is 1. The maximum absolute atomic E-state index is 12.5. The zero-order valence-corrected chi connectivity index (χ0v) is 16.5. The number of nitrogens with one attached hydrogen (secondary N) is 1. The summed E-state index contributed by atoms with van der Waals surface area (Å²) in [5.74, 6) is 0.691. The third-order valence-electron chi connectivity index (χ3n) is 4.27. The SMILES string of the molecule is COc1ccc(-c2nn(-c3ccccc3)cc2CC(=O)NCC(C)(C)N)cc1. The number of hydrogen-bond donors (Lipinski definition) is 2. The maximum atomic E-state index is 12.5. The van der Waals surface area contributed by atoms with Gasteiger partial charge in [-0.05, 0) is 50.2 Å². The molecule has 0 aliphatic heterocycles. The average molecular weight is 378 g/mol. The zero-order chi connectivity index (χ0) is 20.1. The molecule has 0 saturated carbocycles. The van der Waals surface area contributed by atoms with Gasteiger partial charge in [0.1, 0.15) is 5.75 Å². The van der Waals surface area contributed by atoms with Gasteiger partial charge in [0.05, 0.1) is 24.9 Å². The number of aromatic nitrogens is 2. The van der Waals surface area contributed by atoms with E-state index in [0.717, 1.165) is 28.3 Å². The van der Waals surface area contributed by atoms with Crippen molar-refractivity contribution in [3.05, 3.63) is 66.4 Å². The zero-order valence-electron chi connectivity index (χ0n) is 16.5. The van der Waals surface area contributed by atoms with Gasteiger partial charge in [-0.1, -0.05) is 18.2 Å². The second-order valence-corrected chi connectivity index (χ2v) is 7.45. The maximum Gasteiger partial charge on any atom is 0.224 e. The Morgan fingerprint density at radius 1 is 1.14 bits per heavy atom. The molecule has 3 rings (SSSR count). The molecule has 0 radical (unpaired) electrons. The van der Waals surface area contributed by atoms with Gasteiger partial charge in [0.25, 0.3) is 0 Å². The van der Waals surface area contributed by atoms with Crippen LogP contribution in [0, 0.1) is 0 Å². The van der Waals surface area contributed by atoms with E-state index >= 15 is 0 Å². The van der Waals surface area contributed by atoms with E-state index in [1.165, 1.54) is 0 Å². The molecule has 0 fully saturated rings. The van der Waals surface area contributed by atoms with Crippen molar-refractivity contribution in [2.75, 3.05) is 13.7 Å². The number of ether oxygens (including phenoxy) is 1. The molecule has 1 amide bonds. The summed E-state index contributed by atoms with van der Waals surface area (Å²) >= 11 is 0. The van der Waals surface area contributed by atoms with Crippen LogP contribution in [0.4, 0.5) is 0 Å². The van der Waals surface area contributed by atoms with Gasteiger partial charge in [0.2, 0.25) is 5.91 Å². The number of para-hydroxylation sites is 1. The van der Waals surface area contributed by atoms with Crippen LogP contribution in [-0.2, 0) is 11.2 Å². The monoisotopic (exact) mass is 378 g/mol. The highest BCUT2D eigenvalue weighted by Crippen LogP contribution is 2.26. The van der Waals surface area contributed by atoms with Gasteiger partial charge >= 0.3 is 0 Å². The highest BCUT2D eigenvalue weighted by Gasteiger charge is 2.17. The topological polar surface area (TPSA) is 82.2 Å². The molecular weight excluding hydrogens is 352 g/mol. The fraction of sp³-hybridized carbons (Fsp3) is 0.273. The second-order valence-electron chi connectivity index (χ2n) is 7.45. The first-order valence-electron chi connectivity index (χ1n) is 9.20. The van der Waals surface area contributed by atoms with Crippen LogP contribution in [0.2, 0.25) is 0 Å². The number of amides is 1. The van der Waals surface area contributed by atoms with Gasteiger partial charge in [-0.2, -0.15) is 5.10 Å². The van der Waals surface area contributed by atoms with Crippen molar-refractivity contribution in [2.45, 2.75) is 25.8 Å². The largest absolute Gasteiger partial charge is 0.497 e. The molecule has 3 N–H and O–H groups in total. The lowest BCUT2D eigenvalue weighted by atomic mass is 10.0. The van der Waals surface area contributed by atoms with Crippen LogP contribution in [0.5, 0.6) is 5.75 Å². The van der Waals surface area contributed by atoms with E-state index in [-0.39, 0.29) is 12.3 Å². The average Bonchev–Trinajstić information content (AvgIpc) is 3.10. The van der Waals surface area contributed by atoms with Gasteiger partial charge < -0.3 is 15.8 Å². The van der Waals surface area contributed by atoms with Crippen molar-refractivity contribution in [1.82, 2.24) is 15.1 Å². The highest BCUT2D eigenvalue weighted by molar-refractivity contribution is 5.81. The lowest BCUT2D eigenvalue weighted by Gasteiger charge is -2.18. The molecule has 6 nitrogen and oxygen atoms in total. The number of hydrogen-bond acceptors (Lipinski definition) is 4. The number of carbonyl (C=O) groups is 1. The Bertz CT molecular complexity index is 925. The minimum absolute atomic E-state index is 0.0825. The van der Waals surface area contributed by atoms with Crippen molar-refractivity contribution >= 4 is 5.91 Å². The minimum Gasteiger partial charge on any atom is -0.497 e. The lowest BCUT2D eigenvalue weighted by Crippen LogP contribution is -2.45. The van der Waals surface area contributed by atoms with Crippen LogP contribution in [0.25, 0.3) is 16.9 Å². The molecule has 0 spiro atoms. The third-order valence-corrected chi connectivity index (χ3v) is 4.27. The Morgan fingerprint density at radius 2 is 1.82 bits per heavy atom. The molecule has 0 aliphatic rings. The van der Waals surface area contributed by atoms with E-state index < -0.39 is 5.54 Å². The fourth-order valence-corrected chi connectivity index (χ4v) is 2.81. The van der Waals surface area contributed by atoms with Crippen molar-refractivity contribution in [3.63, 3.8) is 0 Å². The Hall–Kier alpha value is -3.12. The Kier molecular flexibility index (Phi) is 5.80. The summed E-state index contributed by atoms with van der Waals surface area (Å²) in [6.45, 7) is 4.17. The molecule has 0 unspecified atom stereocenters. The summed E-state index contributed by atoms with van der Waals surface area (Å²) < 4.78 is 7.04. The van der Waals surface area contributed by atoms with Crippen LogP contribution in [-0.4, -0.2) is 34.9 Å². The molecule has 28 heavy (non-hydrogen) atoms. The molecule has 2 aromatic carbocycles. The smallest absolute Gasteiger partial charge is 0.224 e. The molecule has 0 bridgehead atoms. The van der Waals surface area contributed by atoms with Crippen LogP contribution in [0.3, 0.4) is 0 Å². The minimum atomic E-state index is -0.456. The fourth-order valence-electron chi connectivity index (χ4n) is 2.81. The molecule has 146 valence electrons. The first kappa shape index (κ1) is 19.6. The standard InChI is InChI=1S/C22H26N4O2/c1-22(2,23)15-24-20(27)13-17-14-26(18-7-5-4-6-8-18)25-21(17)16-9-11-19(28-3)12-10-16/h4-12,14H,13,15,23H2,1-3H3,(H,24,27). The molecule has 0 saturated heterocycles. The lowest BCUT2D eigenvalue weighted by molar-refractivity contribution is -0.120. The van der Waals surface area contributed by atoms with E-state index in [2.05, 4.69) is 5.32 Å². The van der Waals surface area contributed by atoms with Crippen molar-refractivity contribution in [2.24, 2.45) is 5.73 Å². The van der Waals surface area contributed by atoms with E-state index in [4.69, 9.17) is 15.6 Å². The highest BCUT2D eigenvalue weighted by atomic mass is 16.5. The normalized spacial score (nSPS) is 11.3. The van der Waals surface area contributed by atoms with Crippen molar-refractivity contribution in [1.29, 1.82) is 0 Å². The number of nitrogens with zero attached hydrogens (tertiary/aromatic N) is 2. The number of nitrogens with two attached hydrogens (primary N) is 1. The van der Waals surface area contributed by atoms with Gasteiger partial charge in [0, 0.05) is 29.4 Å². The molecular formula is C22H26N4O2. The van der Waals surface area contributed by atoms with E-state index in [0.29, 0.717) is 6.54 Å². The molecule has 3 aromatic rings. The van der Waals surface area contributed by atoms with Crippen LogP contribution >= 0.6 is 0 Å². The Labute approximate surface area is 165 Å². The van der Waals surface area contributed by atoms with Crippen molar-refractivity contribution < 1.29 is 9.53 Å². The second kappa shape index (κ2) is 8.27. The van der Waals surface area contributed by atoms with Gasteiger partial charge in [-0.15, -0.1) is 0 Å². The summed E-state index contributed by atoms with van der Waals surface area (Å²) in [4.78, 5) is 12.5. The van der Waals surface area contributed by atoms with Gasteiger partial charge in [-0.3, -0.25) is 4.79 Å². The molecule has 0 atom stereocenters. The quantitative estimate of drug-likeness (QED) is 0.662. The summed E-state index contributed by atoms with van der Waals surface area (Å²) in [5, 5.41) is 7.64. The molecule has 0 aliphatic carbocycles. The Balaban J connectivity index is 1.92. The van der Waals surface area contributed by atoms with Crippen LogP contribution < -0.4 is 15.8 Å². The molecule has 1 heterocycles. The number of rotatable bonds is 7. The van der Waals surface area contributed by atoms with Crippen LogP contribution in [0.1, 0.15) is 19.4 Å². The predicted octanol–water partition coefficient (Wildman–Crippen LogP) is 2.94. The van der Waals surface area contributed by atoms with Gasteiger partial charge in [-0.25, -0.2) is 4.68 Å². The third kappa shape index (κ3) is 4.98. The summed E-state index contributed by atoms with van der Waals surface area (Å²) in [6, 6.07) is 17.5. The first-order chi connectivity index (χ1) is 13.4. The van der Waals surface area contributed by atoms with Crippen molar-refractivity contribution in [3.8, 4) is 22.7 Å². The summed E-state index contributed by atoms with van der Waals surface area (Å²) in [7, 11) is 1.63. The van der Waals surface area contributed by atoms with Gasteiger partial charge in [0.15, 0.2) is 0 Å². The molecule has 6 heteroatoms. The summed E-state index contributed by atoms with van der Waals surface area (Å²) in [6.07, 6.45) is 2.13.